The van der Waals surface area contributed by atoms with Crippen LogP contribution in [-0.4, -0.2) is 18.8 Å². The van der Waals surface area contributed by atoms with Crippen molar-refractivity contribution in [2.75, 3.05) is 0 Å². The predicted molar refractivity (Wildman–Crippen MR) is 72.6 cm³/mol. The van der Waals surface area contributed by atoms with Gasteiger partial charge in [-0.25, -0.2) is 0 Å². The minimum absolute atomic E-state index is 0. The maximum atomic E-state index is 6.19. The van der Waals surface area contributed by atoms with Gasteiger partial charge in [0.2, 0.25) is 0 Å². The molecule has 94 valence electrons. The van der Waals surface area contributed by atoms with Crippen LogP contribution in [0.5, 0.6) is 0 Å². The minimum Gasteiger partial charge on any atom is -0.560 e. The molecular weight excluding hydrogens is 218 g/mol. The molecule has 0 amide bonds. The summed E-state index contributed by atoms with van der Waals surface area (Å²) < 4.78 is 12.4. The van der Waals surface area contributed by atoms with Gasteiger partial charge in [0, 0.05) is 12.2 Å². The number of rotatable bonds is 4. The summed E-state index contributed by atoms with van der Waals surface area (Å²) in [6, 6.07) is 10.4. The van der Waals surface area contributed by atoms with Crippen molar-refractivity contribution in [1.29, 1.82) is 0 Å². The Labute approximate surface area is 123 Å². The molecule has 1 heterocycles. The summed E-state index contributed by atoms with van der Waals surface area (Å²) in [7, 11) is 0. The van der Waals surface area contributed by atoms with Gasteiger partial charge in [-0.15, -0.1) is 6.32 Å². The second kappa shape index (κ2) is 6.82. The molecule has 0 aliphatic carbocycles. The van der Waals surface area contributed by atoms with E-state index in [2.05, 4.69) is 45.0 Å². The Kier molecular flexibility index (Phi) is 6.01. The van der Waals surface area contributed by atoms with Gasteiger partial charge in [0.25, 0.3) is 6.55 Å². The molecule has 2 atom stereocenters. The summed E-state index contributed by atoms with van der Waals surface area (Å²) in [5, 5.41) is 0. The molecule has 0 radical (unpaired) electrons. The summed E-state index contributed by atoms with van der Waals surface area (Å²) in [6.45, 7) is 5.15. The molecular formula is C14H22BLiO2. The maximum absolute atomic E-state index is 6.19. The third kappa shape index (κ3) is 3.22. The van der Waals surface area contributed by atoms with Crippen molar-refractivity contribution >= 4 is 12.0 Å². The molecule has 0 spiro atoms. The van der Waals surface area contributed by atoms with Crippen molar-refractivity contribution in [1.82, 2.24) is 0 Å². The predicted octanol–water partition coefficient (Wildman–Crippen LogP) is -0.0363. The molecule has 0 saturated carbocycles. The zero-order valence-electron chi connectivity index (χ0n) is 12.1. The van der Waals surface area contributed by atoms with Crippen LogP contribution in [0.1, 0.15) is 33.6 Å². The molecule has 0 bridgehead atoms. The van der Waals surface area contributed by atoms with Gasteiger partial charge in [-0.1, -0.05) is 50.1 Å². The van der Waals surface area contributed by atoms with Gasteiger partial charge in [-0.05, 0) is 13.8 Å². The molecule has 1 aliphatic rings. The normalized spacial score (nSPS) is 31.1. The fourth-order valence-corrected chi connectivity index (χ4v) is 2.63. The van der Waals surface area contributed by atoms with E-state index >= 15 is 0 Å². The Morgan fingerprint density at radius 2 is 1.61 bits per heavy atom. The summed E-state index contributed by atoms with van der Waals surface area (Å²) >= 11 is 0. The van der Waals surface area contributed by atoms with Crippen molar-refractivity contribution in [3.63, 3.8) is 0 Å². The van der Waals surface area contributed by atoms with Crippen LogP contribution in [0, 0.1) is 0 Å². The molecule has 1 fully saturated rings. The van der Waals surface area contributed by atoms with Crippen molar-refractivity contribution < 1.29 is 28.2 Å². The topological polar surface area (TPSA) is 18.5 Å². The van der Waals surface area contributed by atoms with Crippen molar-refractivity contribution in [2.45, 2.75) is 52.1 Å². The molecule has 2 rings (SSSR count). The van der Waals surface area contributed by atoms with Crippen LogP contribution in [0.4, 0.5) is 0 Å². The number of benzene rings is 1. The minimum atomic E-state index is -1.25. The Balaban J connectivity index is 0.00000162. The molecule has 1 aromatic carbocycles. The fourth-order valence-electron chi connectivity index (χ4n) is 2.63. The van der Waals surface area contributed by atoms with Crippen LogP contribution in [0.3, 0.4) is 0 Å². The van der Waals surface area contributed by atoms with Crippen molar-refractivity contribution in [3.8, 4) is 0 Å². The monoisotopic (exact) mass is 240 g/mol. The first kappa shape index (κ1) is 15.9. The van der Waals surface area contributed by atoms with Crippen LogP contribution in [0.15, 0.2) is 30.3 Å². The standard InChI is InChI=1S/C14H22BO2.Li/c1-4-5-11-15(14-9-7-6-8-10-14)16-12(2)13(3)17-15;/h6-10,12-13H,4-5,11H2,1-3H3;/q-1;+1. The Morgan fingerprint density at radius 1 is 1.06 bits per heavy atom. The van der Waals surface area contributed by atoms with Gasteiger partial charge >= 0.3 is 18.9 Å². The molecule has 2 unspecified atom stereocenters. The Hall–Kier alpha value is -0.198. The van der Waals surface area contributed by atoms with Crippen molar-refractivity contribution in [2.24, 2.45) is 0 Å². The largest absolute Gasteiger partial charge is 1.00 e. The van der Waals surface area contributed by atoms with Crippen LogP contribution < -0.4 is 24.3 Å². The third-order valence-corrected chi connectivity index (χ3v) is 3.78. The molecule has 0 N–H and O–H groups in total. The van der Waals surface area contributed by atoms with E-state index in [0.717, 1.165) is 12.7 Å². The number of hydrogen-bond donors (Lipinski definition) is 0. The zero-order valence-corrected chi connectivity index (χ0v) is 12.1. The Morgan fingerprint density at radius 3 is 2.11 bits per heavy atom. The van der Waals surface area contributed by atoms with E-state index in [1.807, 2.05) is 6.07 Å². The second-order valence-electron chi connectivity index (χ2n) is 5.10. The summed E-state index contributed by atoms with van der Waals surface area (Å²) in [5.41, 5.74) is 1.21. The molecule has 2 nitrogen and oxygen atoms in total. The van der Waals surface area contributed by atoms with E-state index in [4.69, 9.17) is 9.31 Å². The average molecular weight is 240 g/mol. The number of unbranched alkanes of at least 4 members (excludes halogenated alkanes) is 1. The summed E-state index contributed by atoms with van der Waals surface area (Å²) in [4.78, 5) is 0. The van der Waals surface area contributed by atoms with Gasteiger partial charge in [0.15, 0.2) is 0 Å². The van der Waals surface area contributed by atoms with E-state index in [-0.39, 0.29) is 31.1 Å². The fraction of sp³-hybridized carbons (Fsp3) is 0.571. The quantitative estimate of drug-likeness (QED) is 0.688. The van der Waals surface area contributed by atoms with E-state index < -0.39 is 6.55 Å². The number of hydrogen-bond acceptors (Lipinski definition) is 2. The van der Waals surface area contributed by atoms with Crippen molar-refractivity contribution in [3.05, 3.63) is 30.3 Å². The SMILES string of the molecule is CCCC[B-]1(c2ccccc2)OC(C)C(C)O1.[Li+]. The first-order chi connectivity index (χ1) is 8.18. The van der Waals surface area contributed by atoms with E-state index in [0.29, 0.717) is 0 Å². The van der Waals surface area contributed by atoms with Gasteiger partial charge in [-0.3, -0.25) is 0 Å². The van der Waals surface area contributed by atoms with E-state index in [1.165, 1.54) is 11.9 Å². The molecule has 0 aromatic heterocycles. The zero-order chi connectivity index (χ0) is 12.3. The van der Waals surface area contributed by atoms with Gasteiger partial charge in [0.1, 0.15) is 0 Å². The molecule has 18 heavy (non-hydrogen) atoms. The smallest absolute Gasteiger partial charge is 0.560 e. The van der Waals surface area contributed by atoms with Crippen LogP contribution >= 0.6 is 0 Å². The Bertz CT molecular complexity index is 348. The molecule has 1 aliphatic heterocycles. The molecule has 1 saturated heterocycles. The summed E-state index contributed by atoms with van der Waals surface area (Å²) in [6.07, 6.45) is 3.69. The first-order valence-electron chi connectivity index (χ1n) is 6.75. The molecule has 1 aromatic rings. The second-order valence-corrected chi connectivity index (χ2v) is 5.10. The van der Waals surface area contributed by atoms with Gasteiger partial charge in [-0.2, -0.15) is 5.46 Å². The van der Waals surface area contributed by atoms with Gasteiger partial charge in [0.05, 0.1) is 0 Å². The molecule has 4 heteroatoms. The summed E-state index contributed by atoms with van der Waals surface area (Å²) in [5.74, 6) is 0. The first-order valence-corrected chi connectivity index (χ1v) is 6.75. The van der Waals surface area contributed by atoms with Crippen LogP contribution in [0.25, 0.3) is 0 Å². The average Bonchev–Trinajstić information content (AvgIpc) is 2.65. The van der Waals surface area contributed by atoms with E-state index in [9.17, 15) is 0 Å². The third-order valence-electron chi connectivity index (χ3n) is 3.78. The van der Waals surface area contributed by atoms with E-state index in [1.54, 1.807) is 0 Å². The van der Waals surface area contributed by atoms with Crippen LogP contribution in [-0.2, 0) is 9.31 Å². The van der Waals surface area contributed by atoms with Crippen LogP contribution in [0.2, 0.25) is 6.32 Å². The maximum Gasteiger partial charge on any atom is 1.00 e. The van der Waals surface area contributed by atoms with Gasteiger partial charge < -0.3 is 9.31 Å².